The smallest absolute Gasteiger partial charge is 0.290 e. The Bertz CT molecular complexity index is 1240. The Hall–Kier alpha value is -2.65. The summed E-state index contributed by atoms with van der Waals surface area (Å²) in [5.74, 6) is -1.84. The average Bonchev–Trinajstić information content (AvgIpc) is 3.39. The first-order chi connectivity index (χ1) is 21.6. The van der Waals surface area contributed by atoms with E-state index in [0.29, 0.717) is 24.9 Å². The van der Waals surface area contributed by atoms with Gasteiger partial charge in [0, 0.05) is 13.0 Å². The van der Waals surface area contributed by atoms with Gasteiger partial charge in [-0.1, -0.05) is 64.4 Å². The van der Waals surface area contributed by atoms with Crippen LogP contribution in [0.2, 0.25) is 0 Å². The van der Waals surface area contributed by atoms with E-state index < -0.39 is 71.8 Å². The SMILES string of the molecule is CCCC(NC(=O)[C@@H]1CC2(CN1C(=O)C(O)C(C)(C)C)SCCCS2)C(=O)C(=O)NCC(=O)NC(c1ccccc1)C(O)N(C)C. The number of carbonyl (C=O) groups is 5. The van der Waals surface area contributed by atoms with Gasteiger partial charge in [0.25, 0.3) is 11.8 Å². The zero-order valence-electron chi connectivity index (χ0n) is 27.6. The molecule has 46 heavy (non-hydrogen) atoms. The minimum absolute atomic E-state index is 0.176. The highest BCUT2D eigenvalue weighted by Gasteiger charge is 2.52. The van der Waals surface area contributed by atoms with E-state index in [1.165, 1.54) is 9.80 Å². The fraction of sp³-hybridized carbons (Fsp3) is 0.656. The summed E-state index contributed by atoms with van der Waals surface area (Å²) in [7, 11) is 3.32. The van der Waals surface area contributed by atoms with Crippen LogP contribution in [0.4, 0.5) is 0 Å². The first-order valence-electron chi connectivity index (χ1n) is 15.7. The molecule has 4 amide bonds. The van der Waals surface area contributed by atoms with Crippen molar-refractivity contribution in [2.45, 2.75) is 87.9 Å². The third kappa shape index (κ3) is 9.69. The number of Topliss-reactive ketones (excluding diaryl/α,β-unsaturated/α-hetero) is 1. The van der Waals surface area contributed by atoms with E-state index in [0.717, 1.165) is 17.9 Å². The van der Waals surface area contributed by atoms with E-state index in [1.807, 2.05) is 13.0 Å². The number of nitrogens with one attached hydrogen (secondary N) is 3. The summed E-state index contributed by atoms with van der Waals surface area (Å²) in [5.41, 5.74) is -0.0799. The van der Waals surface area contributed by atoms with Gasteiger partial charge in [-0.05, 0) is 49.4 Å². The number of rotatable bonds is 13. The van der Waals surface area contributed by atoms with Crippen molar-refractivity contribution in [3.8, 4) is 0 Å². The standard InChI is InChI=1S/C32H49N5O7S2/c1-7-12-21(25(39)28(42)33-18-23(38)35-24(29(43)36(5)6)20-13-9-8-10-14-20)34-27(41)22-17-32(45-15-11-16-46-32)19-37(22)30(44)26(40)31(2,3)4/h8-10,13-14,21-22,24,26,29,40,43H,7,11-12,15-19H2,1-6H3,(H,33,42)(H,34,41)(H,35,38)/t21?,22-,24?,26?,29?/m0/s1. The molecule has 5 atom stereocenters. The minimum Gasteiger partial charge on any atom is -0.383 e. The summed E-state index contributed by atoms with van der Waals surface area (Å²) in [4.78, 5) is 69.2. The number of carbonyl (C=O) groups excluding carboxylic acids is 5. The van der Waals surface area contributed by atoms with Gasteiger partial charge in [0.1, 0.15) is 18.4 Å². The molecule has 1 aromatic carbocycles. The van der Waals surface area contributed by atoms with Crippen molar-refractivity contribution in [1.29, 1.82) is 0 Å². The second kappa shape index (κ2) is 16.4. The van der Waals surface area contributed by atoms with E-state index >= 15 is 0 Å². The van der Waals surface area contributed by atoms with E-state index in [9.17, 15) is 34.2 Å². The molecule has 5 N–H and O–H groups in total. The van der Waals surface area contributed by atoms with Crippen LogP contribution in [0.3, 0.4) is 0 Å². The van der Waals surface area contributed by atoms with Gasteiger partial charge in [0.2, 0.25) is 17.6 Å². The van der Waals surface area contributed by atoms with E-state index in [4.69, 9.17) is 0 Å². The van der Waals surface area contributed by atoms with Crippen LogP contribution in [-0.2, 0) is 24.0 Å². The van der Waals surface area contributed by atoms with Crippen LogP contribution in [0.15, 0.2) is 30.3 Å². The number of amides is 4. The molecule has 0 bridgehead atoms. The quantitative estimate of drug-likeness (QED) is 0.151. The summed E-state index contributed by atoms with van der Waals surface area (Å²) >= 11 is 3.42. The number of nitrogens with zero attached hydrogens (tertiary/aromatic N) is 2. The lowest BCUT2D eigenvalue weighted by Gasteiger charge is -2.33. The Morgan fingerprint density at radius 1 is 1.04 bits per heavy atom. The summed E-state index contributed by atoms with van der Waals surface area (Å²) in [6.07, 6.45) is -0.328. The number of likely N-dealkylation sites (tertiary alicyclic amines) is 1. The normalized spacial score (nSPS) is 20.5. The molecule has 0 aromatic heterocycles. The minimum atomic E-state index is -1.32. The Labute approximate surface area is 280 Å². The zero-order valence-corrected chi connectivity index (χ0v) is 29.2. The Kier molecular flexibility index (Phi) is 13.5. The third-order valence-electron chi connectivity index (χ3n) is 8.10. The molecule has 0 saturated carbocycles. The first kappa shape index (κ1) is 37.8. The Balaban J connectivity index is 1.68. The van der Waals surface area contributed by atoms with Gasteiger partial charge >= 0.3 is 0 Å². The second-order valence-corrected chi connectivity index (χ2v) is 16.4. The number of likely N-dealkylation sites (N-methyl/N-ethyl adjacent to an activating group) is 1. The van der Waals surface area contributed by atoms with Crippen LogP contribution in [0, 0.1) is 5.41 Å². The second-order valence-electron chi connectivity index (χ2n) is 13.1. The summed E-state index contributed by atoms with van der Waals surface area (Å²) in [6.45, 7) is 6.84. The molecule has 1 aromatic rings. The van der Waals surface area contributed by atoms with Crippen molar-refractivity contribution in [3.63, 3.8) is 0 Å². The predicted octanol–water partition coefficient (Wildman–Crippen LogP) is 1.27. The van der Waals surface area contributed by atoms with Crippen LogP contribution in [0.5, 0.6) is 0 Å². The highest BCUT2D eigenvalue weighted by Crippen LogP contribution is 2.50. The van der Waals surface area contributed by atoms with Crippen molar-refractivity contribution in [2.75, 3.05) is 38.7 Å². The average molecular weight is 680 g/mol. The third-order valence-corrected chi connectivity index (χ3v) is 11.4. The molecule has 0 radical (unpaired) electrons. The van der Waals surface area contributed by atoms with Crippen molar-refractivity contribution in [1.82, 2.24) is 25.8 Å². The summed E-state index contributed by atoms with van der Waals surface area (Å²) in [5, 5.41) is 29.2. The van der Waals surface area contributed by atoms with E-state index in [2.05, 4.69) is 16.0 Å². The van der Waals surface area contributed by atoms with Crippen LogP contribution in [-0.4, -0.2) is 117 Å². The fourth-order valence-corrected chi connectivity index (χ4v) is 8.75. The van der Waals surface area contributed by atoms with Gasteiger partial charge in [0.15, 0.2) is 0 Å². The molecule has 2 aliphatic heterocycles. The molecular weight excluding hydrogens is 631 g/mol. The number of thioether (sulfide) groups is 2. The molecule has 12 nitrogen and oxygen atoms in total. The number of ketones is 1. The maximum absolute atomic E-state index is 13.7. The van der Waals surface area contributed by atoms with Gasteiger partial charge in [-0.15, -0.1) is 23.5 Å². The van der Waals surface area contributed by atoms with Crippen molar-refractivity contribution in [3.05, 3.63) is 35.9 Å². The number of aliphatic hydroxyl groups excluding tert-OH is 2. The molecule has 2 heterocycles. The van der Waals surface area contributed by atoms with E-state index in [1.54, 1.807) is 82.7 Å². The van der Waals surface area contributed by atoms with Crippen LogP contribution in [0.1, 0.15) is 65.0 Å². The lowest BCUT2D eigenvalue weighted by atomic mass is 9.88. The monoisotopic (exact) mass is 679 g/mol. The van der Waals surface area contributed by atoms with Crippen molar-refractivity contribution >= 4 is 52.9 Å². The molecule has 2 saturated heterocycles. The topological polar surface area (TPSA) is 168 Å². The number of hydrogen-bond acceptors (Lipinski definition) is 10. The molecule has 256 valence electrons. The number of benzene rings is 1. The lowest BCUT2D eigenvalue weighted by molar-refractivity contribution is -0.150. The Morgan fingerprint density at radius 2 is 1.67 bits per heavy atom. The van der Waals surface area contributed by atoms with Gasteiger partial charge < -0.3 is 31.1 Å². The number of aliphatic hydroxyl groups is 2. The highest BCUT2D eigenvalue weighted by molar-refractivity contribution is 8.18. The summed E-state index contributed by atoms with van der Waals surface area (Å²) in [6, 6.07) is 6.01. The maximum atomic E-state index is 13.7. The van der Waals surface area contributed by atoms with E-state index in [-0.39, 0.29) is 10.5 Å². The molecule has 14 heteroatoms. The zero-order chi connectivity index (χ0) is 34.2. The van der Waals surface area contributed by atoms with Gasteiger partial charge in [-0.3, -0.25) is 28.9 Å². The lowest BCUT2D eigenvalue weighted by Crippen LogP contribution is -2.55. The molecule has 2 fully saturated rings. The van der Waals surface area contributed by atoms with Crippen LogP contribution in [0.25, 0.3) is 0 Å². The van der Waals surface area contributed by atoms with Crippen molar-refractivity contribution < 1.29 is 34.2 Å². The predicted molar refractivity (Wildman–Crippen MR) is 180 cm³/mol. The highest BCUT2D eigenvalue weighted by atomic mass is 32.2. The molecule has 0 aliphatic carbocycles. The van der Waals surface area contributed by atoms with Gasteiger partial charge in [-0.25, -0.2) is 0 Å². The summed E-state index contributed by atoms with van der Waals surface area (Å²) < 4.78 is -0.389. The first-order valence-corrected chi connectivity index (χ1v) is 17.6. The van der Waals surface area contributed by atoms with Crippen molar-refractivity contribution in [2.24, 2.45) is 5.41 Å². The fourth-order valence-electron chi connectivity index (χ4n) is 5.40. The van der Waals surface area contributed by atoms with Gasteiger partial charge in [0.05, 0.1) is 22.7 Å². The number of hydrogen-bond donors (Lipinski definition) is 5. The molecular formula is C32H49N5O7S2. The van der Waals surface area contributed by atoms with Crippen LogP contribution >= 0.6 is 23.5 Å². The Morgan fingerprint density at radius 3 is 2.24 bits per heavy atom. The molecule has 1 spiro atoms. The largest absolute Gasteiger partial charge is 0.383 e. The van der Waals surface area contributed by atoms with Gasteiger partial charge in [-0.2, -0.15) is 0 Å². The maximum Gasteiger partial charge on any atom is 0.290 e. The molecule has 2 aliphatic rings. The molecule has 4 unspecified atom stereocenters. The molecule has 3 rings (SSSR count). The van der Waals surface area contributed by atoms with Crippen LogP contribution < -0.4 is 16.0 Å².